The van der Waals surface area contributed by atoms with E-state index in [4.69, 9.17) is 0 Å². The molecule has 0 amide bonds. The van der Waals surface area contributed by atoms with Crippen LogP contribution in [-0.2, 0) is 0 Å². The lowest BCUT2D eigenvalue weighted by Gasteiger charge is -2.12. The number of ether oxygens (including phenoxy) is 1. The first-order chi connectivity index (χ1) is 16.3. The van der Waals surface area contributed by atoms with Gasteiger partial charge in [0.25, 0.3) is 0 Å². The molecule has 174 valence electrons. The largest absolute Gasteiger partial charge is 0.573 e. The Morgan fingerprint density at radius 2 is 1.62 bits per heavy atom. The van der Waals surface area contributed by atoms with E-state index in [1.807, 2.05) is 67.5 Å². The minimum atomic E-state index is -4.73. The minimum absolute atomic E-state index is 0.297. The SMILES string of the molecule is CN(C)c1ccc(N/N=C\c2ccc(-c3ncn(-c4ccc(OC(F)(F)F)cc4)n3)cc2)cc1. The highest BCUT2D eigenvalue weighted by Crippen LogP contribution is 2.24. The number of anilines is 2. The molecule has 34 heavy (non-hydrogen) atoms. The van der Waals surface area contributed by atoms with Crippen LogP contribution in [0.1, 0.15) is 5.56 Å². The second-order valence-corrected chi connectivity index (χ2v) is 7.49. The van der Waals surface area contributed by atoms with E-state index < -0.39 is 6.36 Å². The Kier molecular flexibility index (Phi) is 6.48. The fraction of sp³-hybridized carbons (Fsp3) is 0.125. The molecular formula is C24H21F3N6O. The zero-order valence-corrected chi connectivity index (χ0v) is 18.4. The molecule has 1 heterocycles. The van der Waals surface area contributed by atoms with Gasteiger partial charge < -0.3 is 9.64 Å². The van der Waals surface area contributed by atoms with E-state index in [1.165, 1.54) is 35.3 Å². The quantitative estimate of drug-likeness (QED) is 0.294. The first kappa shape index (κ1) is 22.8. The van der Waals surface area contributed by atoms with Gasteiger partial charge in [0.15, 0.2) is 5.82 Å². The van der Waals surface area contributed by atoms with Crippen molar-refractivity contribution >= 4 is 17.6 Å². The van der Waals surface area contributed by atoms with Crippen molar-refractivity contribution in [3.8, 4) is 22.8 Å². The number of halogens is 3. The average Bonchev–Trinajstić information content (AvgIpc) is 3.30. The van der Waals surface area contributed by atoms with E-state index in [-0.39, 0.29) is 5.75 Å². The van der Waals surface area contributed by atoms with E-state index in [1.54, 1.807) is 6.21 Å². The molecular weight excluding hydrogens is 445 g/mol. The molecule has 0 aliphatic rings. The average molecular weight is 466 g/mol. The number of hydrogen-bond donors (Lipinski definition) is 1. The third kappa shape index (κ3) is 5.91. The summed E-state index contributed by atoms with van der Waals surface area (Å²) in [5.41, 5.74) is 7.22. The van der Waals surface area contributed by atoms with Crippen LogP contribution >= 0.6 is 0 Å². The van der Waals surface area contributed by atoms with E-state index in [0.717, 1.165) is 22.5 Å². The molecule has 0 radical (unpaired) electrons. The number of benzene rings is 3. The summed E-state index contributed by atoms with van der Waals surface area (Å²) >= 11 is 0. The lowest BCUT2D eigenvalue weighted by atomic mass is 10.1. The summed E-state index contributed by atoms with van der Waals surface area (Å²) < 4.78 is 42.3. The van der Waals surface area contributed by atoms with Crippen molar-refractivity contribution in [1.82, 2.24) is 14.8 Å². The normalized spacial score (nSPS) is 11.6. The highest BCUT2D eigenvalue weighted by Gasteiger charge is 2.31. The maximum absolute atomic E-state index is 12.3. The molecule has 4 aromatic rings. The first-order valence-corrected chi connectivity index (χ1v) is 10.2. The maximum atomic E-state index is 12.3. The van der Waals surface area contributed by atoms with Gasteiger partial charge in [0.05, 0.1) is 17.6 Å². The Morgan fingerprint density at radius 1 is 0.941 bits per heavy atom. The predicted octanol–water partition coefficient (Wildman–Crippen LogP) is 5.34. The monoisotopic (exact) mass is 466 g/mol. The molecule has 0 saturated heterocycles. The van der Waals surface area contributed by atoms with Crippen LogP contribution in [0.3, 0.4) is 0 Å². The lowest BCUT2D eigenvalue weighted by Crippen LogP contribution is -2.17. The van der Waals surface area contributed by atoms with Crippen LogP contribution in [0.25, 0.3) is 17.1 Å². The second-order valence-electron chi connectivity index (χ2n) is 7.49. The predicted molar refractivity (Wildman–Crippen MR) is 125 cm³/mol. The number of hydrogen-bond acceptors (Lipinski definition) is 6. The van der Waals surface area contributed by atoms with Gasteiger partial charge in [-0.05, 0) is 54.1 Å². The standard InChI is InChI=1S/C24H21F3N6O/c1-32(2)20-9-7-19(8-10-20)30-29-15-17-3-5-18(6-4-17)23-28-16-33(31-23)21-11-13-22(14-12-21)34-24(25,26)27/h3-16,30H,1-2H3/b29-15-. The van der Waals surface area contributed by atoms with E-state index in [0.29, 0.717) is 11.5 Å². The van der Waals surface area contributed by atoms with Crippen molar-refractivity contribution in [1.29, 1.82) is 0 Å². The first-order valence-electron chi connectivity index (χ1n) is 10.2. The summed E-state index contributed by atoms with van der Waals surface area (Å²) in [7, 11) is 3.97. The molecule has 3 aromatic carbocycles. The molecule has 0 unspecified atom stereocenters. The highest BCUT2D eigenvalue weighted by atomic mass is 19.4. The molecule has 0 atom stereocenters. The van der Waals surface area contributed by atoms with Gasteiger partial charge in [0.1, 0.15) is 12.1 Å². The van der Waals surface area contributed by atoms with Crippen LogP contribution < -0.4 is 15.1 Å². The third-order valence-electron chi connectivity index (χ3n) is 4.79. The Morgan fingerprint density at radius 3 is 2.24 bits per heavy atom. The Labute approximate surface area is 194 Å². The molecule has 1 N–H and O–H groups in total. The number of alkyl halides is 3. The summed E-state index contributed by atoms with van der Waals surface area (Å²) in [4.78, 5) is 6.31. The zero-order chi connectivity index (χ0) is 24.1. The van der Waals surface area contributed by atoms with E-state index in [9.17, 15) is 13.2 Å². The maximum Gasteiger partial charge on any atom is 0.573 e. The van der Waals surface area contributed by atoms with E-state index >= 15 is 0 Å². The van der Waals surface area contributed by atoms with Crippen molar-refractivity contribution in [2.24, 2.45) is 5.10 Å². The Balaban J connectivity index is 1.38. The zero-order valence-electron chi connectivity index (χ0n) is 18.4. The van der Waals surface area contributed by atoms with Crippen LogP contribution in [-0.4, -0.2) is 41.4 Å². The molecule has 0 fully saturated rings. The molecule has 0 saturated carbocycles. The van der Waals surface area contributed by atoms with Gasteiger partial charge in [0, 0.05) is 25.3 Å². The number of rotatable bonds is 7. The molecule has 0 bridgehead atoms. The number of nitrogens with zero attached hydrogens (tertiary/aromatic N) is 5. The summed E-state index contributed by atoms with van der Waals surface area (Å²) in [6.07, 6.45) is -1.53. The number of nitrogens with one attached hydrogen (secondary N) is 1. The molecule has 0 aliphatic heterocycles. The minimum Gasteiger partial charge on any atom is -0.406 e. The van der Waals surface area contributed by atoms with Crippen LogP contribution in [0.5, 0.6) is 5.75 Å². The van der Waals surface area contributed by atoms with Crippen molar-refractivity contribution in [2.75, 3.05) is 24.4 Å². The third-order valence-corrected chi connectivity index (χ3v) is 4.79. The smallest absolute Gasteiger partial charge is 0.406 e. The van der Waals surface area contributed by atoms with Gasteiger partial charge >= 0.3 is 6.36 Å². The number of hydrazone groups is 1. The fourth-order valence-electron chi connectivity index (χ4n) is 3.05. The molecule has 7 nitrogen and oxygen atoms in total. The van der Waals surface area contributed by atoms with Crippen LogP contribution in [0.2, 0.25) is 0 Å². The van der Waals surface area contributed by atoms with Crippen LogP contribution in [0.15, 0.2) is 84.2 Å². The van der Waals surface area contributed by atoms with Gasteiger partial charge in [-0.15, -0.1) is 18.3 Å². The van der Waals surface area contributed by atoms with Crippen LogP contribution in [0, 0.1) is 0 Å². The molecule has 10 heteroatoms. The van der Waals surface area contributed by atoms with Gasteiger partial charge in [-0.25, -0.2) is 9.67 Å². The fourth-order valence-corrected chi connectivity index (χ4v) is 3.05. The van der Waals surface area contributed by atoms with Gasteiger partial charge in [0.2, 0.25) is 0 Å². The van der Waals surface area contributed by atoms with Crippen molar-refractivity contribution in [2.45, 2.75) is 6.36 Å². The Hall–Kier alpha value is -4.34. The summed E-state index contributed by atoms with van der Waals surface area (Å²) in [6, 6.07) is 20.8. The molecule has 1 aromatic heterocycles. The summed E-state index contributed by atoms with van der Waals surface area (Å²) in [5, 5.41) is 8.66. The molecule has 0 aliphatic carbocycles. The topological polar surface area (TPSA) is 67.6 Å². The Bertz CT molecular complexity index is 1250. The van der Waals surface area contributed by atoms with Crippen molar-refractivity contribution in [3.05, 3.63) is 84.7 Å². The van der Waals surface area contributed by atoms with Gasteiger partial charge in [-0.2, -0.15) is 5.10 Å². The van der Waals surface area contributed by atoms with Gasteiger partial charge in [-0.1, -0.05) is 24.3 Å². The van der Waals surface area contributed by atoms with Gasteiger partial charge in [-0.3, -0.25) is 5.43 Å². The van der Waals surface area contributed by atoms with Crippen molar-refractivity contribution < 1.29 is 17.9 Å². The lowest BCUT2D eigenvalue weighted by molar-refractivity contribution is -0.274. The van der Waals surface area contributed by atoms with Crippen LogP contribution in [0.4, 0.5) is 24.5 Å². The second kappa shape index (κ2) is 9.65. The summed E-state index contributed by atoms with van der Waals surface area (Å²) in [5.74, 6) is 0.187. The van der Waals surface area contributed by atoms with E-state index in [2.05, 4.69) is 25.3 Å². The summed E-state index contributed by atoms with van der Waals surface area (Å²) in [6.45, 7) is 0. The van der Waals surface area contributed by atoms with Crippen molar-refractivity contribution in [3.63, 3.8) is 0 Å². The molecule has 0 spiro atoms. The highest BCUT2D eigenvalue weighted by molar-refractivity contribution is 5.81. The molecule has 4 rings (SSSR count). The number of aromatic nitrogens is 3.